The highest BCUT2D eigenvalue weighted by atomic mass is 16.5. The van der Waals surface area contributed by atoms with E-state index >= 15 is 0 Å². The molecule has 3 rings (SSSR count). The number of amides is 1. The lowest BCUT2D eigenvalue weighted by atomic mass is 10.1. The van der Waals surface area contributed by atoms with Gasteiger partial charge in [-0.25, -0.2) is 0 Å². The van der Waals surface area contributed by atoms with Gasteiger partial charge in [0.1, 0.15) is 17.3 Å². The summed E-state index contributed by atoms with van der Waals surface area (Å²) in [5.41, 5.74) is 1.33. The zero-order valence-electron chi connectivity index (χ0n) is 17.7. The van der Waals surface area contributed by atoms with Crippen LogP contribution in [0.5, 0.6) is 11.5 Å². The second kappa shape index (κ2) is 10.3. The van der Waals surface area contributed by atoms with Crippen molar-refractivity contribution in [1.82, 2.24) is 4.90 Å². The highest BCUT2D eigenvalue weighted by Crippen LogP contribution is 2.28. The number of nitrogens with zero attached hydrogens (tertiary/aromatic N) is 1. The third-order valence-electron chi connectivity index (χ3n) is 4.70. The van der Waals surface area contributed by atoms with Crippen molar-refractivity contribution in [3.05, 3.63) is 83.8 Å². The molecule has 31 heavy (non-hydrogen) atoms. The lowest BCUT2D eigenvalue weighted by Gasteiger charge is -2.27. The number of methoxy groups -OCH3 is 2. The molecule has 0 fully saturated rings. The molecule has 3 aromatic rings. The summed E-state index contributed by atoms with van der Waals surface area (Å²) in [5, 5.41) is 0. The first-order valence-corrected chi connectivity index (χ1v) is 9.76. The second-order valence-electron chi connectivity index (χ2n) is 6.85. The summed E-state index contributed by atoms with van der Waals surface area (Å²) in [6.07, 6.45) is 0.468. The van der Waals surface area contributed by atoms with Crippen LogP contribution in [-0.4, -0.2) is 31.0 Å². The van der Waals surface area contributed by atoms with Crippen LogP contribution in [0, 0.1) is 0 Å². The van der Waals surface area contributed by atoms with Crippen molar-refractivity contribution in [2.24, 2.45) is 0 Å². The maximum absolute atomic E-state index is 13.6. The number of benzene rings is 2. The lowest BCUT2D eigenvalue weighted by Crippen LogP contribution is -2.36. The summed E-state index contributed by atoms with van der Waals surface area (Å²) in [6.45, 7) is 1.67. The van der Waals surface area contributed by atoms with Gasteiger partial charge in [-0.1, -0.05) is 30.3 Å². The van der Waals surface area contributed by atoms with Gasteiger partial charge in [-0.15, -0.1) is 0 Å². The summed E-state index contributed by atoms with van der Waals surface area (Å²) in [6, 6.07) is 17.8. The number of carbonyl (C=O) groups excluding carboxylic acids is 2. The molecular formula is C24H25NO6. The second-order valence-corrected chi connectivity index (χ2v) is 6.85. The first kappa shape index (κ1) is 22.0. The van der Waals surface area contributed by atoms with Crippen LogP contribution < -0.4 is 9.47 Å². The SMILES string of the molecule is COc1ccc(OC)c(CN(Cc2ccco2)C(=O)C(OC(C)=O)c2ccccc2)c1. The quantitative estimate of drug-likeness (QED) is 0.482. The van der Waals surface area contributed by atoms with E-state index in [1.165, 1.54) is 6.92 Å². The maximum atomic E-state index is 13.6. The number of furan rings is 1. The highest BCUT2D eigenvalue weighted by molar-refractivity contribution is 5.84. The average molecular weight is 423 g/mol. The Morgan fingerprint density at radius 2 is 1.74 bits per heavy atom. The summed E-state index contributed by atoms with van der Waals surface area (Å²) in [5.74, 6) is 0.939. The van der Waals surface area contributed by atoms with Crippen LogP contribution in [0.4, 0.5) is 0 Å². The van der Waals surface area contributed by atoms with Gasteiger partial charge >= 0.3 is 5.97 Å². The summed E-state index contributed by atoms with van der Waals surface area (Å²) < 4.78 is 21.7. The number of hydrogen-bond donors (Lipinski definition) is 0. The molecule has 1 amide bonds. The normalized spacial score (nSPS) is 11.5. The molecule has 1 unspecified atom stereocenters. The zero-order chi connectivity index (χ0) is 22.2. The third-order valence-corrected chi connectivity index (χ3v) is 4.70. The molecule has 7 nitrogen and oxygen atoms in total. The predicted molar refractivity (Wildman–Crippen MR) is 113 cm³/mol. The minimum atomic E-state index is -1.08. The van der Waals surface area contributed by atoms with E-state index in [0.29, 0.717) is 22.8 Å². The van der Waals surface area contributed by atoms with Crippen molar-refractivity contribution in [3.63, 3.8) is 0 Å². The van der Waals surface area contributed by atoms with Gasteiger partial charge in [0.2, 0.25) is 6.10 Å². The van der Waals surface area contributed by atoms with Gasteiger partial charge in [0.05, 0.1) is 33.6 Å². The van der Waals surface area contributed by atoms with E-state index in [0.717, 1.165) is 5.56 Å². The third kappa shape index (κ3) is 5.66. The number of carbonyl (C=O) groups is 2. The topological polar surface area (TPSA) is 78.2 Å². The Labute approximate surface area is 181 Å². The van der Waals surface area contributed by atoms with Gasteiger partial charge in [-0.2, -0.15) is 0 Å². The molecule has 162 valence electrons. The number of ether oxygens (including phenoxy) is 3. The van der Waals surface area contributed by atoms with E-state index in [9.17, 15) is 9.59 Å². The number of hydrogen-bond acceptors (Lipinski definition) is 6. The molecule has 0 aliphatic carbocycles. The fraction of sp³-hybridized carbons (Fsp3) is 0.250. The minimum Gasteiger partial charge on any atom is -0.497 e. The molecule has 0 aliphatic rings. The molecule has 2 aromatic carbocycles. The summed E-state index contributed by atoms with van der Waals surface area (Å²) >= 11 is 0. The van der Waals surface area contributed by atoms with Gasteiger partial charge in [0.15, 0.2) is 0 Å². The van der Waals surface area contributed by atoms with Crippen LogP contribution >= 0.6 is 0 Å². The molecule has 0 bridgehead atoms. The van der Waals surface area contributed by atoms with E-state index < -0.39 is 12.1 Å². The van der Waals surface area contributed by atoms with Crippen LogP contribution in [0.3, 0.4) is 0 Å². The van der Waals surface area contributed by atoms with Crippen LogP contribution in [0.15, 0.2) is 71.3 Å². The van der Waals surface area contributed by atoms with Crippen molar-refractivity contribution in [2.75, 3.05) is 14.2 Å². The summed E-state index contributed by atoms with van der Waals surface area (Å²) in [4.78, 5) is 26.9. The first-order chi connectivity index (χ1) is 15.0. The van der Waals surface area contributed by atoms with E-state index in [2.05, 4.69) is 0 Å². The number of esters is 1. The Hall–Kier alpha value is -3.74. The van der Waals surface area contributed by atoms with Gasteiger partial charge in [0.25, 0.3) is 5.91 Å². The number of rotatable bonds is 9. The van der Waals surface area contributed by atoms with E-state index in [4.69, 9.17) is 18.6 Å². The van der Waals surface area contributed by atoms with Crippen molar-refractivity contribution < 1.29 is 28.2 Å². The molecule has 0 spiro atoms. The van der Waals surface area contributed by atoms with Crippen LogP contribution in [0.2, 0.25) is 0 Å². The van der Waals surface area contributed by atoms with Crippen LogP contribution in [0.25, 0.3) is 0 Å². The Bertz CT molecular complexity index is 1000. The van der Waals surface area contributed by atoms with Gasteiger partial charge in [-0.05, 0) is 30.3 Å². The molecule has 1 aromatic heterocycles. The van der Waals surface area contributed by atoms with Crippen molar-refractivity contribution in [1.29, 1.82) is 0 Å². The predicted octanol–water partition coefficient (Wildman–Crippen LogP) is 4.13. The highest BCUT2D eigenvalue weighted by Gasteiger charge is 2.30. The van der Waals surface area contributed by atoms with Crippen molar-refractivity contribution in [2.45, 2.75) is 26.1 Å². The minimum absolute atomic E-state index is 0.191. The lowest BCUT2D eigenvalue weighted by molar-refractivity contribution is -0.160. The molecule has 0 saturated heterocycles. The van der Waals surface area contributed by atoms with Crippen LogP contribution in [0.1, 0.15) is 29.9 Å². The van der Waals surface area contributed by atoms with E-state index in [-0.39, 0.29) is 19.0 Å². The average Bonchev–Trinajstić information content (AvgIpc) is 3.30. The Morgan fingerprint density at radius 1 is 0.968 bits per heavy atom. The summed E-state index contributed by atoms with van der Waals surface area (Å²) in [7, 11) is 3.14. The van der Waals surface area contributed by atoms with Gasteiger partial charge in [-0.3, -0.25) is 9.59 Å². The Morgan fingerprint density at radius 3 is 2.35 bits per heavy atom. The van der Waals surface area contributed by atoms with Crippen molar-refractivity contribution in [3.8, 4) is 11.5 Å². The molecule has 1 heterocycles. The molecular weight excluding hydrogens is 398 g/mol. The standard InChI is InChI=1S/C24H25NO6/c1-17(26)31-23(18-8-5-4-6-9-18)24(27)25(16-21-10-7-13-30-21)15-19-14-20(28-2)11-12-22(19)29-3/h4-14,23H,15-16H2,1-3H3. The Balaban J connectivity index is 1.97. The molecule has 0 aliphatic heterocycles. The molecule has 7 heteroatoms. The zero-order valence-corrected chi connectivity index (χ0v) is 17.7. The van der Waals surface area contributed by atoms with Gasteiger partial charge in [0, 0.05) is 18.1 Å². The first-order valence-electron chi connectivity index (χ1n) is 9.76. The van der Waals surface area contributed by atoms with E-state index in [1.54, 1.807) is 73.9 Å². The fourth-order valence-electron chi connectivity index (χ4n) is 3.23. The maximum Gasteiger partial charge on any atom is 0.303 e. The monoisotopic (exact) mass is 423 g/mol. The van der Waals surface area contributed by atoms with E-state index in [1.807, 2.05) is 12.1 Å². The largest absolute Gasteiger partial charge is 0.497 e. The molecule has 0 N–H and O–H groups in total. The molecule has 0 radical (unpaired) electrons. The van der Waals surface area contributed by atoms with Crippen LogP contribution in [-0.2, 0) is 27.4 Å². The van der Waals surface area contributed by atoms with Crippen molar-refractivity contribution >= 4 is 11.9 Å². The Kier molecular flexibility index (Phi) is 7.32. The molecule has 1 atom stereocenters. The fourth-order valence-corrected chi connectivity index (χ4v) is 3.23. The van der Waals surface area contributed by atoms with Gasteiger partial charge < -0.3 is 23.5 Å². The molecule has 0 saturated carbocycles. The smallest absolute Gasteiger partial charge is 0.303 e.